The molecule has 1 aromatic rings. The van der Waals surface area contributed by atoms with Crippen molar-refractivity contribution in [2.75, 3.05) is 31.7 Å². The van der Waals surface area contributed by atoms with Crippen LogP contribution in [0.15, 0.2) is 12.1 Å². The van der Waals surface area contributed by atoms with Crippen LogP contribution >= 0.6 is 0 Å². The highest BCUT2D eigenvalue weighted by Gasteiger charge is 2.13. The molecule has 0 radical (unpaired) electrons. The van der Waals surface area contributed by atoms with E-state index in [0.717, 1.165) is 30.2 Å². The summed E-state index contributed by atoms with van der Waals surface area (Å²) in [5.74, 6) is 2.00. The number of hydrogen-bond acceptors (Lipinski definition) is 4. The predicted octanol–water partition coefficient (Wildman–Crippen LogP) is 2.77. The molecule has 0 atom stereocenters. The molecule has 0 unspecified atom stereocenters. The van der Waals surface area contributed by atoms with Gasteiger partial charge in [-0.1, -0.05) is 27.7 Å². The van der Waals surface area contributed by atoms with Gasteiger partial charge in [-0.3, -0.25) is 0 Å². The molecule has 2 N–H and O–H groups in total. The third-order valence-electron chi connectivity index (χ3n) is 3.19. The first-order chi connectivity index (χ1) is 9.47. The fourth-order valence-corrected chi connectivity index (χ4v) is 2.11. The molecule has 0 spiro atoms. The van der Waals surface area contributed by atoms with E-state index >= 15 is 0 Å². The van der Waals surface area contributed by atoms with Gasteiger partial charge in [-0.25, -0.2) is 4.98 Å². The van der Waals surface area contributed by atoms with E-state index in [0.29, 0.717) is 25.0 Å². The summed E-state index contributed by atoms with van der Waals surface area (Å²) in [5.41, 5.74) is 8.07. The Labute approximate surface area is 123 Å². The molecule has 0 aliphatic rings. The molecule has 0 saturated heterocycles. The smallest absolute Gasteiger partial charge is 0.129 e. The zero-order chi connectivity index (χ0) is 15.1. The predicted molar refractivity (Wildman–Crippen MR) is 85.1 cm³/mol. The highest BCUT2D eigenvalue weighted by molar-refractivity contribution is 5.43. The second kappa shape index (κ2) is 8.22. The van der Waals surface area contributed by atoms with Crippen molar-refractivity contribution >= 4 is 5.82 Å². The second-order valence-electron chi connectivity index (χ2n) is 5.95. The Morgan fingerprint density at radius 3 is 2.45 bits per heavy atom. The van der Waals surface area contributed by atoms with Crippen molar-refractivity contribution in [1.82, 2.24) is 4.98 Å². The second-order valence-corrected chi connectivity index (χ2v) is 5.95. The number of hydrogen-bond donors (Lipinski definition) is 1. The number of pyridine rings is 1. The van der Waals surface area contributed by atoms with Crippen LogP contribution in [0.4, 0.5) is 5.82 Å². The summed E-state index contributed by atoms with van der Waals surface area (Å²) in [6.45, 7) is 11.8. The summed E-state index contributed by atoms with van der Waals surface area (Å²) in [7, 11) is 1.73. The van der Waals surface area contributed by atoms with Crippen molar-refractivity contribution < 1.29 is 4.74 Å². The van der Waals surface area contributed by atoms with Crippen LogP contribution in [-0.4, -0.2) is 31.8 Å². The molecular weight excluding hydrogens is 250 g/mol. The van der Waals surface area contributed by atoms with Gasteiger partial charge in [0.15, 0.2) is 0 Å². The van der Waals surface area contributed by atoms with E-state index in [1.807, 2.05) is 0 Å². The van der Waals surface area contributed by atoms with Crippen molar-refractivity contribution in [2.45, 2.75) is 40.2 Å². The average molecular weight is 279 g/mol. The van der Waals surface area contributed by atoms with Crippen LogP contribution in [-0.2, 0) is 11.3 Å². The molecule has 114 valence electrons. The maximum atomic E-state index is 5.82. The van der Waals surface area contributed by atoms with Crippen molar-refractivity contribution in [2.24, 2.45) is 11.7 Å². The van der Waals surface area contributed by atoms with Gasteiger partial charge in [0.25, 0.3) is 0 Å². The fourth-order valence-electron chi connectivity index (χ4n) is 2.11. The van der Waals surface area contributed by atoms with E-state index in [9.17, 15) is 0 Å². The van der Waals surface area contributed by atoms with E-state index < -0.39 is 0 Å². The van der Waals surface area contributed by atoms with Crippen LogP contribution in [0.1, 0.15) is 44.9 Å². The monoisotopic (exact) mass is 279 g/mol. The number of ether oxygens (including phenoxy) is 1. The number of aromatic nitrogens is 1. The summed E-state index contributed by atoms with van der Waals surface area (Å²) >= 11 is 0. The van der Waals surface area contributed by atoms with Crippen LogP contribution < -0.4 is 10.6 Å². The van der Waals surface area contributed by atoms with Gasteiger partial charge in [-0.2, -0.15) is 0 Å². The SMILES string of the molecule is COCCN(CC(C)C)c1cc(CN)cc(C(C)C)n1. The van der Waals surface area contributed by atoms with Crippen LogP contribution in [0.3, 0.4) is 0 Å². The lowest BCUT2D eigenvalue weighted by atomic mass is 10.1. The van der Waals surface area contributed by atoms with Crippen LogP contribution in [0.25, 0.3) is 0 Å². The molecule has 20 heavy (non-hydrogen) atoms. The molecule has 0 fully saturated rings. The topological polar surface area (TPSA) is 51.4 Å². The van der Waals surface area contributed by atoms with Crippen molar-refractivity contribution in [3.63, 3.8) is 0 Å². The third kappa shape index (κ3) is 5.10. The summed E-state index contributed by atoms with van der Waals surface area (Å²) < 4.78 is 5.22. The number of nitrogens with two attached hydrogens (primary N) is 1. The summed E-state index contributed by atoms with van der Waals surface area (Å²) in [5, 5.41) is 0. The molecule has 1 rings (SSSR count). The minimum Gasteiger partial charge on any atom is -0.383 e. The number of anilines is 1. The molecule has 0 aromatic carbocycles. The molecule has 0 saturated carbocycles. The summed E-state index contributed by atoms with van der Waals surface area (Å²) in [4.78, 5) is 7.09. The van der Waals surface area contributed by atoms with Gasteiger partial charge in [0.05, 0.1) is 6.61 Å². The molecule has 4 heteroatoms. The standard InChI is InChI=1S/C16H29N3O/c1-12(2)11-19(6-7-20-5)16-9-14(10-17)8-15(18-16)13(3)4/h8-9,12-13H,6-7,10-11,17H2,1-5H3. The van der Waals surface area contributed by atoms with E-state index in [2.05, 4.69) is 44.7 Å². The maximum absolute atomic E-state index is 5.82. The Bertz CT molecular complexity index is 405. The number of rotatable bonds is 8. The highest BCUT2D eigenvalue weighted by Crippen LogP contribution is 2.21. The van der Waals surface area contributed by atoms with E-state index in [4.69, 9.17) is 15.5 Å². The van der Waals surface area contributed by atoms with Gasteiger partial charge in [0.1, 0.15) is 5.82 Å². The first-order valence-corrected chi connectivity index (χ1v) is 7.42. The number of methoxy groups -OCH3 is 1. The zero-order valence-corrected chi connectivity index (χ0v) is 13.5. The van der Waals surface area contributed by atoms with E-state index in [1.54, 1.807) is 7.11 Å². The largest absolute Gasteiger partial charge is 0.383 e. The lowest BCUT2D eigenvalue weighted by molar-refractivity contribution is 0.204. The average Bonchev–Trinajstić information content (AvgIpc) is 2.42. The molecule has 0 amide bonds. The molecule has 0 aliphatic heterocycles. The molecule has 0 aliphatic carbocycles. The molecule has 0 bridgehead atoms. The number of nitrogens with zero attached hydrogens (tertiary/aromatic N) is 2. The van der Waals surface area contributed by atoms with Gasteiger partial charge < -0.3 is 15.4 Å². The van der Waals surface area contributed by atoms with Crippen LogP contribution in [0, 0.1) is 5.92 Å². The van der Waals surface area contributed by atoms with Crippen molar-refractivity contribution in [3.8, 4) is 0 Å². The van der Waals surface area contributed by atoms with Gasteiger partial charge in [-0.15, -0.1) is 0 Å². The van der Waals surface area contributed by atoms with Gasteiger partial charge in [0.2, 0.25) is 0 Å². The Morgan fingerprint density at radius 2 is 1.95 bits per heavy atom. The molecule has 1 aromatic heterocycles. The quantitative estimate of drug-likeness (QED) is 0.795. The molecular formula is C16H29N3O. The molecule has 4 nitrogen and oxygen atoms in total. The minimum atomic E-state index is 0.406. The Morgan fingerprint density at radius 1 is 1.25 bits per heavy atom. The van der Waals surface area contributed by atoms with Gasteiger partial charge in [-0.05, 0) is 29.5 Å². The zero-order valence-electron chi connectivity index (χ0n) is 13.5. The van der Waals surface area contributed by atoms with Gasteiger partial charge in [0, 0.05) is 32.4 Å². The van der Waals surface area contributed by atoms with E-state index in [-0.39, 0.29) is 0 Å². The first kappa shape index (κ1) is 16.9. The van der Waals surface area contributed by atoms with Crippen molar-refractivity contribution in [1.29, 1.82) is 0 Å². The lowest BCUT2D eigenvalue weighted by Gasteiger charge is -2.26. The molecule has 1 heterocycles. The normalized spacial score (nSPS) is 11.4. The summed E-state index contributed by atoms with van der Waals surface area (Å²) in [6, 6.07) is 4.21. The van der Waals surface area contributed by atoms with Crippen molar-refractivity contribution in [3.05, 3.63) is 23.4 Å². The van der Waals surface area contributed by atoms with Crippen LogP contribution in [0.5, 0.6) is 0 Å². The Hall–Kier alpha value is -1.13. The third-order valence-corrected chi connectivity index (χ3v) is 3.19. The Kier molecular flexibility index (Phi) is 6.96. The first-order valence-electron chi connectivity index (χ1n) is 7.42. The minimum absolute atomic E-state index is 0.406. The maximum Gasteiger partial charge on any atom is 0.129 e. The van der Waals surface area contributed by atoms with E-state index in [1.165, 1.54) is 0 Å². The lowest BCUT2D eigenvalue weighted by Crippen LogP contribution is -2.32. The van der Waals surface area contributed by atoms with Crippen LogP contribution in [0.2, 0.25) is 0 Å². The highest BCUT2D eigenvalue weighted by atomic mass is 16.5. The summed E-state index contributed by atoms with van der Waals surface area (Å²) in [6.07, 6.45) is 0. The Balaban J connectivity index is 3.06. The fraction of sp³-hybridized carbons (Fsp3) is 0.688. The van der Waals surface area contributed by atoms with Gasteiger partial charge >= 0.3 is 0 Å².